The molecule has 2 rings (SSSR count). The number of carbonyl (C=O) groups is 2. The summed E-state index contributed by atoms with van der Waals surface area (Å²) < 4.78 is 5.17. The molecule has 1 N–H and O–H groups in total. The molecule has 2 aromatic rings. The summed E-state index contributed by atoms with van der Waals surface area (Å²) in [6, 6.07) is 3.58. The monoisotopic (exact) mass is 330 g/mol. The first-order valence-corrected chi connectivity index (χ1v) is 7.98. The first kappa shape index (κ1) is 17.7. The van der Waals surface area contributed by atoms with Crippen LogP contribution in [0.2, 0.25) is 0 Å². The molecule has 0 saturated carbocycles. The number of rotatable bonds is 8. The van der Waals surface area contributed by atoms with E-state index in [2.05, 4.69) is 15.3 Å². The molecule has 0 aromatic carbocycles. The van der Waals surface area contributed by atoms with Crippen LogP contribution in [0, 0.1) is 0 Å². The number of nitrogens with zero attached hydrogens (tertiary/aromatic N) is 3. The molecule has 2 aromatic heterocycles. The van der Waals surface area contributed by atoms with Crippen molar-refractivity contribution in [2.75, 3.05) is 6.54 Å². The highest BCUT2D eigenvalue weighted by molar-refractivity contribution is 5.92. The second-order valence-electron chi connectivity index (χ2n) is 5.45. The van der Waals surface area contributed by atoms with E-state index >= 15 is 0 Å². The molecule has 0 aliphatic heterocycles. The Morgan fingerprint density at radius 2 is 2.21 bits per heavy atom. The summed E-state index contributed by atoms with van der Waals surface area (Å²) in [4.78, 5) is 34.2. The number of aromatic nitrogens is 2. The summed E-state index contributed by atoms with van der Waals surface area (Å²) in [5.41, 5.74) is 0.286. The van der Waals surface area contributed by atoms with E-state index in [-0.39, 0.29) is 30.0 Å². The van der Waals surface area contributed by atoms with Crippen molar-refractivity contribution >= 4 is 11.8 Å². The van der Waals surface area contributed by atoms with E-state index in [9.17, 15) is 9.59 Å². The fraction of sp³-hybridized carbons (Fsp3) is 0.412. The van der Waals surface area contributed by atoms with Crippen molar-refractivity contribution in [1.29, 1.82) is 0 Å². The Kier molecular flexibility index (Phi) is 6.48. The van der Waals surface area contributed by atoms with Crippen molar-refractivity contribution in [1.82, 2.24) is 20.2 Å². The molecule has 7 heteroatoms. The summed E-state index contributed by atoms with van der Waals surface area (Å²) in [6.45, 7) is 4.62. The number of nitrogens with one attached hydrogen (secondary N) is 1. The minimum atomic E-state index is -0.212. The maximum absolute atomic E-state index is 12.6. The van der Waals surface area contributed by atoms with Gasteiger partial charge >= 0.3 is 0 Å². The highest BCUT2D eigenvalue weighted by Crippen LogP contribution is 2.09. The molecule has 0 fully saturated rings. The molecule has 128 valence electrons. The number of hydrogen-bond acceptors (Lipinski definition) is 5. The molecular formula is C17H22N4O3. The van der Waals surface area contributed by atoms with E-state index in [1.54, 1.807) is 23.3 Å². The topological polar surface area (TPSA) is 88.3 Å². The maximum atomic E-state index is 12.6. The second-order valence-corrected chi connectivity index (χ2v) is 5.45. The van der Waals surface area contributed by atoms with Gasteiger partial charge in [-0.05, 0) is 25.5 Å². The van der Waals surface area contributed by atoms with Gasteiger partial charge in [0.15, 0.2) is 0 Å². The average molecular weight is 330 g/mol. The van der Waals surface area contributed by atoms with Crippen molar-refractivity contribution < 1.29 is 14.0 Å². The molecule has 0 radical (unpaired) electrons. The van der Waals surface area contributed by atoms with Gasteiger partial charge in [0.1, 0.15) is 11.5 Å². The summed E-state index contributed by atoms with van der Waals surface area (Å²) in [5, 5.41) is 2.78. The lowest BCUT2D eigenvalue weighted by atomic mass is 10.2. The number of furan rings is 1. The SMILES string of the molecule is CCC(C)N(CCC(=O)NCc1ccco1)C(=O)c1cnccn1. The highest BCUT2D eigenvalue weighted by Gasteiger charge is 2.22. The summed E-state index contributed by atoms with van der Waals surface area (Å²) in [6.07, 6.45) is 7.02. The van der Waals surface area contributed by atoms with Gasteiger partial charge in [-0.25, -0.2) is 4.98 Å². The van der Waals surface area contributed by atoms with E-state index in [0.29, 0.717) is 18.8 Å². The second kappa shape index (κ2) is 8.81. The van der Waals surface area contributed by atoms with Gasteiger partial charge in [0.05, 0.1) is 19.0 Å². The third kappa shape index (κ3) is 4.91. The number of hydrogen-bond donors (Lipinski definition) is 1. The van der Waals surface area contributed by atoms with Gasteiger partial charge in [-0.3, -0.25) is 14.6 Å². The fourth-order valence-corrected chi connectivity index (χ4v) is 2.21. The lowest BCUT2D eigenvalue weighted by Gasteiger charge is -2.28. The maximum Gasteiger partial charge on any atom is 0.274 e. The first-order valence-electron chi connectivity index (χ1n) is 7.98. The molecule has 0 bridgehead atoms. The Morgan fingerprint density at radius 3 is 2.83 bits per heavy atom. The van der Waals surface area contributed by atoms with Gasteiger partial charge < -0.3 is 14.6 Å². The molecule has 1 unspecified atom stereocenters. The Hall–Kier alpha value is -2.70. The Balaban J connectivity index is 1.91. The molecule has 0 saturated heterocycles. The van der Waals surface area contributed by atoms with Gasteiger partial charge in [0.2, 0.25) is 5.91 Å². The van der Waals surface area contributed by atoms with Crippen LogP contribution in [0.15, 0.2) is 41.4 Å². The summed E-state index contributed by atoms with van der Waals surface area (Å²) in [7, 11) is 0. The van der Waals surface area contributed by atoms with Gasteiger partial charge in [-0.15, -0.1) is 0 Å². The number of carbonyl (C=O) groups excluding carboxylic acids is 2. The van der Waals surface area contributed by atoms with Gasteiger partial charge in [0.25, 0.3) is 5.91 Å². The van der Waals surface area contributed by atoms with Crippen LogP contribution < -0.4 is 5.32 Å². The quantitative estimate of drug-likeness (QED) is 0.800. The van der Waals surface area contributed by atoms with Gasteiger partial charge in [-0.2, -0.15) is 0 Å². The molecule has 0 aliphatic rings. The van der Waals surface area contributed by atoms with Crippen LogP contribution in [0.3, 0.4) is 0 Å². The average Bonchev–Trinajstić information content (AvgIpc) is 3.14. The predicted molar refractivity (Wildman–Crippen MR) is 88.0 cm³/mol. The summed E-state index contributed by atoms with van der Waals surface area (Å²) in [5.74, 6) is 0.348. The minimum absolute atomic E-state index is 0.0115. The van der Waals surface area contributed by atoms with Crippen molar-refractivity contribution in [3.05, 3.63) is 48.4 Å². The summed E-state index contributed by atoms with van der Waals surface area (Å²) >= 11 is 0. The molecule has 2 amide bonds. The Bertz CT molecular complexity index is 643. The van der Waals surface area contributed by atoms with Crippen LogP contribution in [0.25, 0.3) is 0 Å². The fourth-order valence-electron chi connectivity index (χ4n) is 2.21. The van der Waals surface area contributed by atoms with E-state index in [0.717, 1.165) is 6.42 Å². The zero-order valence-corrected chi connectivity index (χ0v) is 13.9. The zero-order valence-electron chi connectivity index (χ0n) is 13.9. The van der Waals surface area contributed by atoms with Crippen LogP contribution in [-0.2, 0) is 11.3 Å². The molecule has 1 atom stereocenters. The lowest BCUT2D eigenvalue weighted by Crippen LogP contribution is -2.41. The highest BCUT2D eigenvalue weighted by atomic mass is 16.3. The molecule has 2 heterocycles. The zero-order chi connectivity index (χ0) is 17.4. The standard InChI is InChI=1S/C17H22N4O3/c1-3-13(2)21(17(23)15-12-18-7-8-19-15)9-6-16(22)20-11-14-5-4-10-24-14/h4-5,7-8,10,12-13H,3,6,9,11H2,1-2H3,(H,20,22). The van der Waals surface area contributed by atoms with Crippen LogP contribution in [0.5, 0.6) is 0 Å². The van der Waals surface area contributed by atoms with E-state index in [1.807, 2.05) is 13.8 Å². The van der Waals surface area contributed by atoms with Gasteiger partial charge in [-0.1, -0.05) is 6.92 Å². The molecule has 7 nitrogen and oxygen atoms in total. The van der Waals surface area contributed by atoms with Crippen molar-refractivity contribution in [2.24, 2.45) is 0 Å². The normalized spacial score (nSPS) is 11.8. The number of amides is 2. The minimum Gasteiger partial charge on any atom is -0.467 e. The molecule has 24 heavy (non-hydrogen) atoms. The van der Waals surface area contributed by atoms with Crippen molar-refractivity contribution in [2.45, 2.75) is 39.3 Å². The Labute approximate surface area is 141 Å². The third-order valence-electron chi connectivity index (χ3n) is 3.79. The van der Waals surface area contributed by atoms with Gasteiger partial charge in [0, 0.05) is 31.4 Å². The third-order valence-corrected chi connectivity index (χ3v) is 3.79. The van der Waals surface area contributed by atoms with Crippen molar-refractivity contribution in [3.63, 3.8) is 0 Å². The largest absolute Gasteiger partial charge is 0.467 e. The molecular weight excluding hydrogens is 308 g/mol. The van der Waals surface area contributed by atoms with E-state index in [4.69, 9.17) is 4.42 Å². The van der Waals surface area contributed by atoms with E-state index in [1.165, 1.54) is 18.6 Å². The van der Waals surface area contributed by atoms with Crippen LogP contribution in [0.4, 0.5) is 0 Å². The van der Waals surface area contributed by atoms with E-state index < -0.39 is 0 Å². The lowest BCUT2D eigenvalue weighted by molar-refractivity contribution is -0.121. The first-order chi connectivity index (χ1) is 11.6. The predicted octanol–water partition coefficient (Wildman–Crippen LogP) is 2.02. The molecule has 0 aliphatic carbocycles. The van der Waals surface area contributed by atoms with Crippen LogP contribution in [0.1, 0.15) is 42.9 Å². The van der Waals surface area contributed by atoms with Crippen molar-refractivity contribution in [3.8, 4) is 0 Å². The smallest absolute Gasteiger partial charge is 0.274 e. The molecule has 0 spiro atoms. The Morgan fingerprint density at radius 1 is 1.38 bits per heavy atom. The van der Waals surface area contributed by atoms with Crippen LogP contribution in [-0.4, -0.2) is 39.3 Å². The van der Waals surface area contributed by atoms with Crippen LogP contribution >= 0.6 is 0 Å².